The largest absolute Gasteiger partial charge is 0.322 e. The van der Waals surface area contributed by atoms with Crippen molar-refractivity contribution in [3.8, 4) is 0 Å². The number of amides is 1. The van der Waals surface area contributed by atoms with Gasteiger partial charge in [-0.3, -0.25) is 14.4 Å². The Morgan fingerprint density at radius 2 is 1.63 bits per heavy atom. The normalized spacial score (nSPS) is 15.1. The number of carbonyl (C=O) groups is 1. The highest BCUT2D eigenvalue weighted by atomic mass is 35.5. The number of carbonyl (C=O) groups excluding carboxylic acids is 1. The lowest BCUT2D eigenvalue weighted by Gasteiger charge is -2.30. The molecule has 0 bridgehead atoms. The van der Waals surface area contributed by atoms with Crippen molar-refractivity contribution in [1.82, 2.24) is 4.90 Å². The van der Waals surface area contributed by atoms with Gasteiger partial charge in [0.2, 0.25) is 0 Å². The van der Waals surface area contributed by atoms with E-state index in [2.05, 4.69) is 21.9 Å². The number of benzene rings is 3. The van der Waals surface area contributed by atoms with Crippen molar-refractivity contribution in [3.05, 3.63) is 87.9 Å². The van der Waals surface area contributed by atoms with Crippen molar-refractivity contribution < 1.29 is 13.2 Å². The van der Waals surface area contributed by atoms with E-state index in [1.54, 1.807) is 12.1 Å². The number of nitrogens with zero attached hydrogens (tertiary/aromatic N) is 1. The van der Waals surface area contributed by atoms with Crippen molar-refractivity contribution in [1.29, 1.82) is 0 Å². The van der Waals surface area contributed by atoms with Crippen LogP contribution < -0.4 is 10.0 Å². The Bertz CT molecular complexity index is 1290. The first-order chi connectivity index (χ1) is 16.7. The third kappa shape index (κ3) is 6.55. The summed E-state index contributed by atoms with van der Waals surface area (Å²) in [7, 11) is -3.88. The van der Waals surface area contributed by atoms with Crippen LogP contribution in [0.2, 0.25) is 10.0 Å². The van der Waals surface area contributed by atoms with Crippen LogP contribution in [0.15, 0.2) is 71.6 Å². The Morgan fingerprint density at radius 3 is 2.29 bits per heavy atom. The minimum Gasteiger partial charge on any atom is -0.322 e. The molecule has 1 saturated heterocycles. The molecule has 0 spiro atoms. The minimum atomic E-state index is -3.88. The predicted molar refractivity (Wildman–Crippen MR) is 142 cm³/mol. The highest BCUT2D eigenvalue weighted by Gasteiger charge is 2.18. The molecule has 4 rings (SSSR count). The third-order valence-corrected chi connectivity index (χ3v) is 8.32. The summed E-state index contributed by atoms with van der Waals surface area (Å²) < 4.78 is 27.8. The molecular formula is C26H27Cl2N3O3S. The number of likely N-dealkylation sites (tertiary alicyclic amines) is 1. The molecule has 1 amide bonds. The molecule has 35 heavy (non-hydrogen) atoms. The van der Waals surface area contributed by atoms with Crippen molar-refractivity contribution in [2.24, 2.45) is 5.92 Å². The Kier molecular flexibility index (Phi) is 8.02. The van der Waals surface area contributed by atoms with Gasteiger partial charge >= 0.3 is 0 Å². The SMILES string of the molecule is CC1CCN(Cc2ccc(C(=O)Nc3ccc(S(=O)(=O)Nc4cccc(Cl)c4Cl)cc3)cc2)CC1. The van der Waals surface area contributed by atoms with Crippen LogP contribution in [0.4, 0.5) is 11.4 Å². The number of halogens is 2. The first-order valence-electron chi connectivity index (χ1n) is 11.4. The molecular weight excluding hydrogens is 505 g/mol. The first-order valence-corrected chi connectivity index (χ1v) is 13.6. The molecule has 1 heterocycles. The molecule has 1 fully saturated rings. The van der Waals surface area contributed by atoms with E-state index in [4.69, 9.17) is 23.2 Å². The van der Waals surface area contributed by atoms with E-state index in [1.165, 1.54) is 48.7 Å². The lowest BCUT2D eigenvalue weighted by molar-refractivity contribution is 0.102. The van der Waals surface area contributed by atoms with Gasteiger partial charge in [-0.25, -0.2) is 8.42 Å². The molecule has 2 N–H and O–H groups in total. The van der Waals surface area contributed by atoms with Gasteiger partial charge in [-0.2, -0.15) is 0 Å². The van der Waals surface area contributed by atoms with E-state index in [0.29, 0.717) is 11.3 Å². The molecule has 0 aliphatic carbocycles. The number of hydrogen-bond donors (Lipinski definition) is 2. The lowest BCUT2D eigenvalue weighted by atomic mass is 9.99. The number of sulfonamides is 1. The number of anilines is 2. The minimum absolute atomic E-state index is 0.0306. The quantitative estimate of drug-likeness (QED) is 0.376. The Hall–Kier alpha value is -2.58. The summed E-state index contributed by atoms with van der Waals surface area (Å²) in [5, 5.41) is 3.18. The Balaban J connectivity index is 1.36. The van der Waals surface area contributed by atoms with Crippen LogP contribution in [0.25, 0.3) is 0 Å². The van der Waals surface area contributed by atoms with Crippen LogP contribution in [0, 0.1) is 5.92 Å². The highest BCUT2D eigenvalue weighted by molar-refractivity contribution is 7.92. The predicted octanol–water partition coefficient (Wildman–Crippen LogP) is 6.28. The van der Waals surface area contributed by atoms with E-state index in [-0.39, 0.29) is 26.5 Å². The lowest BCUT2D eigenvalue weighted by Crippen LogP contribution is -2.32. The zero-order chi connectivity index (χ0) is 25.0. The molecule has 0 aromatic heterocycles. The van der Waals surface area contributed by atoms with Gasteiger partial charge in [-0.15, -0.1) is 0 Å². The molecule has 1 aliphatic heterocycles. The van der Waals surface area contributed by atoms with Crippen LogP contribution >= 0.6 is 23.2 Å². The fraction of sp³-hybridized carbons (Fsp3) is 0.269. The number of rotatable bonds is 7. The van der Waals surface area contributed by atoms with Gasteiger partial charge in [0, 0.05) is 17.8 Å². The van der Waals surface area contributed by atoms with E-state index in [0.717, 1.165) is 25.6 Å². The van der Waals surface area contributed by atoms with Crippen molar-refractivity contribution in [2.75, 3.05) is 23.1 Å². The monoisotopic (exact) mass is 531 g/mol. The van der Waals surface area contributed by atoms with E-state index in [9.17, 15) is 13.2 Å². The van der Waals surface area contributed by atoms with Crippen LogP contribution in [-0.2, 0) is 16.6 Å². The second-order valence-electron chi connectivity index (χ2n) is 8.84. The molecule has 9 heteroatoms. The molecule has 0 saturated carbocycles. The zero-order valence-electron chi connectivity index (χ0n) is 19.3. The van der Waals surface area contributed by atoms with Crippen molar-refractivity contribution >= 4 is 50.5 Å². The molecule has 0 radical (unpaired) electrons. The van der Waals surface area contributed by atoms with Gasteiger partial charge in [0.1, 0.15) is 0 Å². The van der Waals surface area contributed by atoms with Gasteiger partial charge in [-0.1, -0.05) is 48.3 Å². The molecule has 3 aromatic rings. The van der Waals surface area contributed by atoms with Gasteiger partial charge in [0.15, 0.2) is 0 Å². The number of nitrogens with one attached hydrogen (secondary N) is 2. The fourth-order valence-corrected chi connectivity index (χ4v) is 5.42. The van der Waals surface area contributed by atoms with Gasteiger partial charge in [0.05, 0.1) is 20.6 Å². The van der Waals surface area contributed by atoms with Gasteiger partial charge in [0.25, 0.3) is 15.9 Å². The highest BCUT2D eigenvalue weighted by Crippen LogP contribution is 2.31. The summed E-state index contributed by atoms with van der Waals surface area (Å²) in [5.74, 6) is 0.534. The fourth-order valence-electron chi connectivity index (χ4n) is 3.95. The molecule has 184 valence electrons. The van der Waals surface area contributed by atoms with E-state index >= 15 is 0 Å². The van der Waals surface area contributed by atoms with E-state index in [1.807, 2.05) is 24.3 Å². The average Bonchev–Trinajstić information content (AvgIpc) is 2.84. The topological polar surface area (TPSA) is 78.5 Å². The summed E-state index contributed by atoms with van der Waals surface area (Å²) >= 11 is 12.0. The number of piperidine rings is 1. The average molecular weight is 532 g/mol. The molecule has 3 aromatic carbocycles. The smallest absolute Gasteiger partial charge is 0.261 e. The summed E-state index contributed by atoms with van der Waals surface area (Å²) in [6.45, 7) is 5.40. The van der Waals surface area contributed by atoms with Crippen molar-refractivity contribution in [3.63, 3.8) is 0 Å². The Labute approximate surface area is 216 Å². The first kappa shape index (κ1) is 25.5. The third-order valence-electron chi connectivity index (χ3n) is 6.12. The zero-order valence-corrected chi connectivity index (χ0v) is 21.6. The van der Waals surface area contributed by atoms with Crippen molar-refractivity contribution in [2.45, 2.75) is 31.2 Å². The maximum atomic E-state index is 12.7. The van der Waals surface area contributed by atoms with Crippen LogP contribution in [0.1, 0.15) is 35.7 Å². The molecule has 6 nitrogen and oxygen atoms in total. The summed E-state index contributed by atoms with van der Waals surface area (Å²) in [6.07, 6.45) is 2.45. The van der Waals surface area contributed by atoms with Crippen LogP contribution in [0.3, 0.4) is 0 Å². The van der Waals surface area contributed by atoms with Gasteiger partial charge < -0.3 is 5.32 Å². The Morgan fingerprint density at radius 1 is 0.971 bits per heavy atom. The molecule has 1 aliphatic rings. The standard InChI is InChI=1S/C26H27Cl2N3O3S/c1-18-13-15-31(16-14-18)17-19-5-7-20(8-6-19)26(32)29-21-9-11-22(12-10-21)35(33,34)30-24-4-2-3-23(27)25(24)28/h2-12,18,30H,13-17H2,1H3,(H,29,32). The summed E-state index contributed by atoms with van der Waals surface area (Å²) in [5.41, 5.74) is 2.39. The maximum absolute atomic E-state index is 12.7. The second-order valence-corrected chi connectivity index (χ2v) is 11.3. The summed E-state index contributed by atoms with van der Waals surface area (Å²) in [4.78, 5) is 15.1. The second kappa shape index (κ2) is 11.0. The van der Waals surface area contributed by atoms with E-state index < -0.39 is 10.0 Å². The maximum Gasteiger partial charge on any atom is 0.261 e. The van der Waals surface area contributed by atoms with Crippen LogP contribution in [0.5, 0.6) is 0 Å². The molecule has 0 atom stereocenters. The molecule has 0 unspecified atom stereocenters. The van der Waals surface area contributed by atoms with Crippen LogP contribution in [-0.4, -0.2) is 32.3 Å². The number of hydrogen-bond acceptors (Lipinski definition) is 4. The van der Waals surface area contributed by atoms with Gasteiger partial charge in [-0.05, 0) is 85.9 Å². The summed E-state index contributed by atoms with van der Waals surface area (Å²) in [6, 6.07) is 18.2.